The van der Waals surface area contributed by atoms with Crippen LogP contribution in [0.3, 0.4) is 0 Å². The molecule has 1 aromatic rings. The van der Waals surface area contributed by atoms with Crippen LogP contribution < -0.4 is 15.2 Å². The number of methoxy groups -OCH3 is 2. The summed E-state index contributed by atoms with van der Waals surface area (Å²) in [5, 5.41) is 8.75. The summed E-state index contributed by atoms with van der Waals surface area (Å²) >= 11 is 0. The van der Waals surface area contributed by atoms with E-state index in [-0.39, 0.29) is 12.6 Å². The summed E-state index contributed by atoms with van der Waals surface area (Å²) in [4.78, 5) is 0. The monoisotopic (exact) mass is 239 g/mol. The van der Waals surface area contributed by atoms with Crippen LogP contribution in [0, 0.1) is 0 Å². The van der Waals surface area contributed by atoms with Crippen molar-refractivity contribution >= 4 is 0 Å². The zero-order chi connectivity index (χ0) is 12.7. The second-order valence-corrected chi connectivity index (χ2v) is 3.93. The molecule has 1 atom stereocenters. The van der Waals surface area contributed by atoms with E-state index in [1.807, 2.05) is 18.2 Å². The Morgan fingerprint density at radius 2 is 2.00 bits per heavy atom. The predicted molar refractivity (Wildman–Crippen MR) is 67.4 cm³/mol. The highest BCUT2D eigenvalue weighted by atomic mass is 16.5. The summed E-state index contributed by atoms with van der Waals surface area (Å²) in [6.07, 6.45) is 2.50. The van der Waals surface area contributed by atoms with Crippen molar-refractivity contribution in [2.45, 2.75) is 25.3 Å². The van der Waals surface area contributed by atoms with E-state index in [0.29, 0.717) is 0 Å². The molecule has 0 saturated carbocycles. The van der Waals surface area contributed by atoms with E-state index in [1.165, 1.54) is 0 Å². The molecule has 3 N–H and O–H groups in total. The van der Waals surface area contributed by atoms with Gasteiger partial charge in [0, 0.05) is 18.2 Å². The largest absolute Gasteiger partial charge is 0.497 e. The highest BCUT2D eigenvalue weighted by molar-refractivity contribution is 5.42. The Bertz CT molecular complexity index is 341. The first-order valence-electron chi connectivity index (χ1n) is 5.81. The van der Waals surface area contributed by atoms with Crippen LogP contribution in [-0.2, 0) is 0 Å². The Kier molecular flexibility index (Phi) is 5.80. The van der Waals surface area contributed by atoms with Gasteiger partial charge in [0.25, 0.3) is 0 Å². The summed E-state index contributed by atoms with van der Waals surface area (Å²) in [6, 6.07) is 5.53. The molecule has 0 aliphatic rings. The van der Waals surface area contributed by atoms with Crippen LogP contribution >= 0.6 is 0 Å². The zero-order valence-corrected chi connectivity index (χ0v) is 10.5. The molecule has 0 fully saturated rings. The van der Waals surface area contributed by atoms with Crippen molar-refractivity contribution in [1.82, 2.24) is 0 Å². The average Bonchev–Trinajstić information content (AvgIpc) is 2.38. The third kappa shape index (κ3) is 3.91. The van der Waals surface area contributed by atoms with Gasteiger partial charge in [0.05, 0.1) is 14.2 Å². The minimum Gasteiger partial charge on any atom is -0.497 e. The number of unbranched alkanes of at least 4 members (excludes halogenated alkanes) is 1. The lowest BCUT2D eigenvalue weighted by atomic mass is 10.0. The van der Waals surface area contributed by atoms with Crippen molar-refractivity contribution in [2.75, 3.05) is 20.8 Å². The maximum atomic E-state index is 8.75. The Balaban J connectivity index is 2.78. The maximum Gasteiger partial charge on any atom is 0.123 e. The van der Waals surface area contributed by atoms with Gasteiger partial charge in [-0.05, 0) is 37.5 Å². The van der Waals surface area contributed by atoms with E-state index in [4.69, 9.17) is 20.3 Å². The van der Waals surface area contributed by atoms with Crippen LogP contribution in [-0.4, -0.2) is 25.9 Å². The highest BCUT2D eigenvalue weighted by Crippen LogP contribution is 2.30. The number of benzene rings is 1. The molecule has 1 unspecified atom stereocenters. The molecule has 4 heteroatoms. The Hall–Kier alpha value is -1.26. The van der Waals surface area contributed by atoms with Crippen LogP contribution in [0.15, 0.2) is 18.2 Å². The van der Waals surface area contributed by atoms with E-state index in [1.54, 1.807) is 14.2 Å². The first kappa shape index (κ1) is 13.8. The van der Waals surface area contributed by atoms with Gasteiger partial charge in [-0.15, -0.1) is 0 Å². The first-order chi connectivity index (χ1) is 8.22. The molecule has 0 aliphatic carbocycles. The lowest BCUT2D eigenvalue weighted by Gasteiger charge is -2.16. The third-order valence-corrected chi connectivity index (χ3v) is 2.76. The van der Waals surface area contributed by atoms with Gasteiger partial charge in [0.1, 0.15) is 11.5 Å². The Morgan fingerprint density at radius 1 is 1.24 bits per heavy atom. The SMILES string of the molecule is COc1ccc(OC)c(C(N)CCCCO)c1. The van der Waals surface area contributed by atoms with Crippen LogP contribution in [0.25, 0.3) is 0 Å². The van der Waals surface area contributed by atoms with E-state index in [2.05, 4.69) is 0 Å². The molecule has 0 amide bonds. The molecule has 0 heterocycles. The summed E-state index contributed by atoms with van der Waals surface area (Å²) in [5.74, 6) is 1.56. The molecule has 96 valence electrons. The van der Waals surface area contributed by atoms with E-state index < -0.39 is 0 Å². The number of hydrogen-bond acceptors (Lipinski definition) is 4. The predicted octanol–water partition coefficient (Wildman–Crippen LogP) is 1.87. The van der Waals surface area contributed by atoms with E-state index in [0.717, 1.165) is 36.3 Å². The van der Waals surface area contributed by atoms with Gasteiger partial charge in [-0.2, -0.15) is 0 Å². The molecule has 0 aliphatic heterocycles. The molecular formula is C13H21NO3. The molecule has 0 radical (unpaired) electrons. The quantitative estimate of drug-likeness (QED) is 0.713. The fourth-order valence-electron chi connectivity index (χ4n) is 1.76. The fraction of sp³-hybridized carbons (Fsp3) is 0.538. The van der Waals surface area contributed by atoms with Gasteiger partial charge >= 0.3 is 0 Å². The number of rotatable bonds is 7. The minimum atomic E-state index is -0.0911. The topological polar surface area (TPSA) is 64.7 Å². The van der Waals surface area contributed by atoms with Crippen molar-refractivity contribution < 1.29 is 14.6 Å². The van der Waals surface area contributed by atoms with Gasteiger partial charge in [0.2, 0.25) is 0 Å². The fourth-order valence-corrected chi connectivity index (χ4v) is 1.76. The van der Waals surface area contributed by atoms with Crippen LogP contribution in [0.1, 0.15) is 30.9 Å². The van der Waals surface area contributed by atoms with E-state index >= 15 is 0 Å². The summed E-state index contributed by atoms with van der Waals surface area (Å²) in [7, 11) is 3.26. The smallest absolute Gasteiger partial charge is 0.123 e. The van der Waals surface area contributed by atoms with Crippen LogP contribution in [0.4, 0.5) is 0 Å². The lowest BCUT2D eigenvalue weighted by molar-refractivity contribution is 0.281. The summed E-state index contributed by atoms with van der Waals surface area (Å²) < 4.78 is 10.5. The Morgan fingerprint density at radius 3 is 2.59 bits per heavy atom. The zero-order valence-electron chi connectivity index (χ0n) is 10.5. The van der Waals surface area contributed by atoms with Gasteiger partial charge in [-0.25, -0.2) is 0 Å². The molecule has 1 aromatic carbocycles. The van der Waals surface area contributed by atoms with Gasteiger partial charge in [0.15, 0.2) is 0 Å². The third-order valence-electron chi connectivity index (χ3n) is 2.76. The first-order valence-corrected chi connectivity index (χ1v) is 5.81. The van der Waals surface area contributed by atoms with Crippen LogP contribution in [0.5, 0.6) is 11.5 Å². The maximum absolute atomic E-state index is 8.75. The molecule has 0 aromatic heterocycles. The normalized spacial score (nSPS) is 12.2. The number of nitrogens with two attached hydrogens (primary N) is 1. The van der Waals surface area contributed by atoms with Crippen molar-refractivity contribution in [1.29, 1.82) is 0 Å². The van der Waals surface area contributed by atoms with E-state index in [9.17, 15) is 0 Å². The van der Waals surface area contributed by atoms with Gasteiger partial charge in [-0.1, -0.05) is 0 Å². The molecule has 17 heavy (non-hydrogen) atoms. The molecule has 0 spiro atoms. The van der Waals surface area contributed by atoms with Crippen molar-refractivity contribution in [3.63, 3.8) is 0 Å². The second kappa shape index (κ2) is 7.14. The standard InChI is InChI=1S/C13H21NO3/c1-16-10-6-7-13(17-2)11(9-10)12(14)5-3-4-8-15/h6-7,9,12,15H,3-5,8,14H2,1-2H3. The lowest BCUT2D eigenvalue weighted by Crippen LogP contribution is -2.12. The van der Waals surface area contributed by atoms with Gasteiger partial charge in [-0.3, -0.25) is 0 Å². The number of ether oxygens (including phenoxy) is 2. The average molecular weight is 239 g/mol. The van der Waals surface area contributed by atoms with Crippen molar-refractivity contribution in [3.8, 4) is 11.5 Å². The van der Waals surface area contributed by atoms with Crippen LogP contribution in [0.2, 0.25) is 0 Å². The Labute approximate surface area is 102 Å². The summed E-state index contributed by atoms with van der Waals surface area (Å²) in [6.45, 7) is 0.210. The molecular weight excluding hydrogens is 218 g/mol. The van der Waals surface area contributed by atoms with Gasteiger partial charge < -0.3 is 20.3 Å². The number of aliphatic hydroxyl groups excluding tert-OH is 1. The van der Waals surface area contributed by atoms with Crippen molar-refractivity contribution in [2.24, 2.45) is 5.73 Å². The highest BCUT2D eigenvalue weighted by Gasteiger charge is 2.12. The molecule has 0 saturated heterocycles. The minimum absolute atomic E-state index is 0.0911. The van der Waals surface area contributed by atoms with Crippen molar-refractivity contribution in [3.05, 3.63) is 23.8 Å². The second-order valence-electron chi connectivity index (χ2n) is 3.93. The molecule has 0 bridgehead atoms. The molecule has 4 nitrogen and oxygen atoms in total. The number of aliphatic hydroxyl groups is 1. The molecule has 1 rings (SSSR count). The number of hydrogen-bond donors (Lipinski definition) is 2. The summed E-state index contributed by atoms with van der Waals surface area (Å²) in [5.41, 5.74) is 7.07.